The van der Waals surface area contributed by atoms with Crippen LogP contribution in [0.15, 0.2) is 58.3 Å². The predicted octanol–water partition coefficient (Wildman–Crippen LogP) is 3.95. The molecular weight excluding hydrogens is 555 g/mol. The van der Waals surface area contributed by atoms with E-state index in [1.54, 1.807) is 37.3 Å². The molecule has 0 unspecified atom stereocenters. The van der Waals surface area contributed by atoms with Crippen molar-refractivity contribution in [2.24, 2.45) is 0 Å². The Hall–Kier alpha value is -3.78. The summed E-state index contributed by atoms with van der Waals surface area (Å²) in [5, 5.41) is 2.22. The van der Waals surface area contributed by atoms with Gasteiger partial charge in [-0.05, 0) is 54.3 Å². The SMILES string of the molecule is Cc1ccc(-c2cc(Cc3cccc(S(C)(=O)=O)c3)c3nc(N)nc(NCC(F)(F)F)c3n2)cc1S(C)(=O)=O. The molecule has 2 aromatic carbocycles. The topological polar surface area (TPSA) is 145 Å². The molecule has 2 aromatic heterocycles. The van der Waals surface area contributed by atoms with Gasteiger partial charge in [-0.25, -0.2) is 26.8 Å². The average molecular weight is 580 g/mol. The first-order valence-corrected chi connectivity index (χ1v) is 15.2. The van der Waals surface area contributed by atoms with Gasteiger partial charge in [0, 0.05) is 18.1 Å². The van der Waals surface area contributed by atoms with Crippen molar-refractivity contribution in [2.75, 3.05) is 30.1 Å². The number of pyridine rings is 1. The Balaban J connectivity index is 1.97. The van der Waals surface area contributed by atoms with Crippen LogP contribution in [-0.4, -0.2) is 57.0 Å². The molecule has 3 N–H and O–H groups in total. The van der Waals surface area contributed by atoms with Crippen molar-refractivity contribution >= 4 is 42.5 Å². The summed E-state index contributed by atoms with van der Waals surface area (Å²) in [6, 6.07) is 12.5. The standard InChI is InChI=1S/C25H24F3N5O4S2/c1-14-7-8-16(12-20(14)39(3,36)37)19-11-17(9-15-5-4-6-18(10-15)38(2,34)35)21-22(31-19)23(33-24(29)32-21)30-13-25(26,27)28/h4-8,10-12H,9,13H2,1-3H3,(H3,29,30,32,33). The molecule has 0 radical (unpaired) electrons. The summed E-state index contributed by atoms with van der Waals surface area (Å²) in [4.78, 5) is 12.8. The maximum Gasteiger partial charge on any atom is 0.405 e. The second-order valence-electron chi connectivity index (χ2n) is 9.11. The number of hydrogen-bond donors (Lipinski definition) is 2. The number of fused-ring (bicyclic) bond motifs is 1. The fourth-order valence-corrected chi connectivity index (χ4v) is 5.73. The second-order valence-corrected chi connectivity index (χ2v) is 13.1. The third kappa shape index (κ3) is 6.63. The fraction of sp³-hybridized carbons (Fsp3) is 0.240. The minimum Gasteiger partial charge on any atom is -0.368 e. The lowest BCUT2D eigenvalue weighted by Gasteiger charge is -2.15. The van der Waals surface area contributed by atoms with Crippen molar-refractivity contribution in [3.05, 3.63) is 65.2 Å². The van der Waals surface area contributed by atoms with E-state index in [1.807, 2.05) is 0 Å². The Morgan fingerprint density at radius 1 is 0.897 bits per heavy atom. The molecule has 0 aliphatic rings. The maximum absolute atomic E-state index is 13.0. The molecule has 4 aromatic rings. The van der Waals surface area contributed by atoms with Crippen LogP contribution < -0.4 is 11.1 Å². The number of hydrogen-bond acceptors (Lipinski definition) is 9. The van der Waals surface area contributed by atoms with Crippen LogP contribution in [0.3, 0.4) is 0 Å². The molecule has 206 valence electrons. The van der Waals surface area contributed by atoms with E-state index in [9.17, 15) is 30.0 Å². The maximum atomic E-state index is 13.0. The molecule has 0 amide bonds. The van der Waals surface area contributed by atoms with Crippen LogP contribution >= 0.6 is 0 Å². The number of nitrogens with two attached hydrogens (primary N) is 1. The Morgan fingerprint density at radius 2 is 1.62 bits per heavy atom. The molecule has 14 heteroatoms. The van der Waals surface area contributed by atoms with Gasteiger partial charge in [-0.1, -0.05) is 24.3 Å². The third-order valence-corrected chi connectivity index (χ3v) is 8.16. The van der Waals surface area contributed by atoms with E-state index in [1.165, 1.54) is 18.2 Å². The van der Waals surface area contributed by atoms with Gasteiger partial charge in [0.2, 0.25) is 5.95 Å². The number of nitrogens with zero attached hydrogens (tertiary/aromatic N) is 3. The molecule has 2 heterocycles. The number of nitrogen functional groups attached to an aromatic ring is 1. The van der Waals surface area contributed by atoms with Crippen LogP contribution in [0.2, 0.25) is 0 Å². The molecule has 0 saturated carbocycles. The number of sulfone groups is 2. The lowest BCUT2D eigenvalue weighted by molar-refractivity contribution is -0.115. The summed E-state index contributed by atoms with van der Waals surface area (Å²) >= 11 is 0. The van der Waals surface area contributed by atoms with E-state index in [2.05, 4.69) is 20.3 Å². The van der Waals surface area contributed by atoms with Gasteiger partial charge < -0.3 is 11.1 Å². The first-order valence-electron chi connectivity index (χ1n) is 11.4. The summed E-state index contributed by atoms with van der Waals surface area (Å²) in [6.07, 6.45) is -2.28. The minimum absolute atomic E-state index is 0.0123. The average Bonchev–Trinajstić information content (AvgIpc) is 2.81. The monoisotopic (exact) mass is 579 g/mol. The number of aryl methyl sites for hydroxylation is 1. The van der Waals surface area contributed by atoms with E-state index in [0.717, 1.165) is 12.5 Å². The van der Waals surface area contributed by atoms with Gasteiger partial charge in [0.15, 0.2) is 25.5 Å². The fourth-order valence-electron chi connectivity index (χ4n) is 4.04. The van der Waals surface area contributed by atoms with E-state index in [4.69, 9.17) is 5.73 Å². The van der Waals surface area contributed by atoms with Crippen molar-refractivity contribution in [1.82, 2.24) is 15.0 Å². The zero-order valence-electron chi connectivity index (χ0n) is 21.0. The normalized spacial score (nSPS) is 12.6. The molecule has 0 aliphatic carbocycles. The van der Waals surface area contributed by atoms with Crippen LogP contribution in [0.1, 0.15) is 16.7 Å². The van der Waals surface area contributed by atoms with Crippen molar-refractivity contribution < 1.29 is 30.0 Å². The Kier molecular flexibility index (Phi) is 7.29. The quantitative estimate of drug-likeness (QED) is 0.332. The zero-order chi connectivity index (χ0) is 28.8. The van der Waals surface area contributed by atoms with Gasteiger partial charge in [0.1, 0.15) is 17.6 Å². The van der Waals surface area contributed by atoms with E-state index in [0.29, 0.717) is 22.3 Å². The smallest absolute Gasteiger partial charge is 0.368 e. The van der Waals surface area contributed by atoms with Gasteiger partial charge in [-0.2, -0.15) is 18.2 Å². The van der Waals surface area contributed by atoms with Crippen molar-refractivity contribution in [3.63, 3.8) is 0 Å². The Morgan fingerprint density at radius 3 is 2.26 bits per heavy atom. The van der Waals surface area contributed by atoms with Crippen molar-refractivity contribution in [2.45, 2.75) is 29.3 Å². The van der Waals surface area contributed by atoms with Crippen molar-refractivity contribution in [1.29, 1.82) is 0 Å². The summed E-state index contributed by atoms with van der Waals surface area (Å²) < 4.78 is 87.8. The molecule has 39 heavy (non-hydrogen) atoms. The molecule has 0 bridgehead atoms. The lowest BCUT2D eigenvalue weighted by Crippen LogP contribution is -2.22. The van der Waals surface area contributed by atoms with E-state index < -0.39 is 32.4 Å². The molecule has 4 rings (SSSR count). The van der Waals surface area contributed by atoms with Crippen LogP contribution in [0, 0.1) is 6.92 Å². The summed E-state index contributed by atoms with van der Waals surface area (Å²) in [7, 11) is -7.09. The second kappa shape index (κ2) is 10.1. The Bertz CT molecular complexity index is 1810. The first kappa shape index (κ1) is 28.2. The summed E-state index contributed by atoms with van der Waals surface area (Å²) in [5.74, 6) is -0.541. The summed E-state index contributed by atoms with van der Waals surface area (Å²) in [6.45, 7) is 0.239. The largest absolute Gasteiger partial charge is 0.405 e. The van der Waals surface area contributed by atoms with Gasteiger partial charge in [-0.3, -0.25) is 0 Å². The first-order chi connectivity index (χ1) is 18.0. The molecule has 0 aliphatic heterocycles. The zero-order valence-corrected chi connectivity index (χ0v) is 22.7. The number of nitrogens with one attached hydrogen (secondary N) is 1. The van der Waals surface area contributed by atoms with E-state index >= 15 is 0 Å². The van der Waals surface area contributed by atoms with Gasteiger partial charge in [0.05, 0.1) is 15.5 Å². The molecular formula is C25H24F3N5O4S2. The molecule has 0 saturated heterocycles. The molecule has 9 nitrogen and oxygen atoms in total. The molecule has 0 spiro atoms. The third-order valence-electron chi connectivity index (χ3n) is 5.81. The Labute approximate surface area is 223 Å². The van der Waals surface area contributed by atoms with Crippen LogP contribution in [0.25, 0.3) is 22.3 Å². The summed E-state index contributed by atoms with van der Waals surface area (Å²) in [5.41, 5.74) is 8.19. The molecule has 0 atom stereocenters. The van der Waals surface area contributed by atoms with Crippen LogP contribution in [-0.2, 0) is 26.1 Å². The van der Waals surface area contributed by atoms with Gasteiger partial charge in [0.25, 0.3) is 0 Å². The number of aromatic nitrogens is 3. The van der Waals surface area contributed by atoms with E-state index in [-0.39, 0.29) is 44.7 Å². The number of alkyl halides is 3. The van der Waals surface area contributed by atoms with Crippen molar-refractivity contribution in [3.8, 4) is 11.3 Å². The number of rotatable bonds is 7. The van der Waals surface area contributed by atoms with Crippen LogP contribution in [0.4, 0.5) is 24.9 Å². The number of anilines is 2. The van der Waals surface area contributed by atoms with Gasteiger partial charge in [-0.15, -0.1) is 0 Å². The highest BCUT2D eigenvalue weighted by Crippen LogP contribution is 2.32. The molecule has 0 fully saturated rings. The van der Waals surface area contributed by atoms with Crippen LogP contribution in [0.5, 0.6) is 0 Å². The van der Waals surface area contributed by atoms with Gasteiger partial charge >= 0.3 is 6.18 Å². The number of halogens is 3. The number of benzene rings is 2. The highest BCUT2D eigenvalue weighted by Gasteiger charge is 2.28. The lowest BCUT2D eigenvalue weighted by atomic mass is 10.0. The highest BCUT2D eigenvalue weighted by molar-refractivity contribution is 7.91. The predicted molar refractivity (Wildman–Crippen MR) is 142 cm³/mol. The highest BCUT2D eigenvalue weighted by atomic mass is 32.2. The minimum atomic E-state index is -4.56.